The molecule has 1 aliphatic heterocycles. The predicted molar refractivity (Wildman–Crippen MR) is 84.9 cm³/mol. The lowest BCUT2D eigenvalue weighted by Crippen LogP contribution is -2.53. The molecular weight excluding hydrogens is 266 g/mol. The lowest BCUT2D eigenvalue weighted by Gasteiger charge is -2.37. The van der Waals surface area contributed by atoms with Gasteiger partial charge in [-0.05, 0) is 27.1 Å². The van der Waals surface area contributed by atoms with Gasteiger partial charge in [0, 0.05) is 44.3 Å². The van der Waals surface area contributed by atoms with Crippen LogP contribution in [0, 0.1) is 0 Å². The number of phenols is 1. The number of hydrogen-bond donors (Lipinski definition) is 2. The van der Waals surface area contributed by atoms with Crippen LogP contribution < -0.4 is 10.1 Å². The van der Waals surface area contributed by atoms with Gasteiger partial charge in [-0.1, -0.05) is 12.1 Å². The number of nitrogens with zero attached hydrogens (tertiary/aromatic N) is 2. The SMILES string of the molecule is CCOc1cccc(CNCC2CN(C)CCN2C)c1O. The molecule has 1 aliphatic rings. The first-order chi connectivity index (χ1) is 10.1. The molecule has 2 rings (SSSR count). The summed E-state index contributed by atoms with van der Waals surface area (Å²) >= 11 is 0. The third-order valence-electron chi connectivity index (χ3n) is 4.06. The molecule has 21 heavy (non-hydrogen) atoms. The van der Waals surface area contributed by atoms with Gasteiger partial charge in [-0.2, -0.15) is 0 Å². The van der Waals surface area contributed by atoms with Crippen molar-refractivity contribution in [2.45, 2.75) is 19.5 Å². The van der Waals surface area contributed by atoms with Crippen LogP contribution in [0.15, 0.2) is 18.2 Å². The molecule has 1 unspecified atom stereocenters. The number of aromatic hydroxyl groups is 1. The molecule has 0 spiro atoms. The van der Waals surface area contributed by atoms with Gasteiger partial charge in [0.2, 0.25) is 0 Å². The third-order valence-corrected chi connectivity index (χ3v) is 4.06. The van der Waals surface area contributed by atoms with Gasteiger partial charge in [0.1, 0.15) is 0 Å². The summed E-state index contributed by atoms with van der Waals surface area (Å²) in [5.74, 6) is 0.812. The fourth-order valence-corrected chi connectivity index (χ4v) is 2.68. The Hall–Kier alpha value is -1.30. The molecular formula is C16H27N3O2. The molecule has 0 aliphatic carbocycles. The Balaban J connectivity index is 1.87. The van der Waals surface area contributed by atoms with Crippen LogP contribution >= 0.6 is 0 Å². The summed E-state index contributed by atoms with van der Waals surface area (Å²) in [7, 11) is 4.34. The van der Waals surface area contributed by atoms with Crippen LogP contribution in [0.4, 0.5) is 0 Å². The highest BCUT2D eigenvalue weighted by molar-refractivity contribution is 5.45. The Bertz CT molecular complexity index is 453. The fourth-order valence-electron chi connectivity index (χ4n) is 2.68. The monoisotopic (exact) mass is 293 g/mol. The number of benzene rings is 1. The molecule has 2 N–H and O–H groups in total. The van der Waals surface area contributed by atoms with E-state index in [9.17, 15) is 5.11 Å². The highest BCUT2D eigenvalue weighted by Gasteiger charge is 2.21. The normalized spacial score (nSPS) is 20.6. The summed E-state index contributed by atoms with van der Waals surface area (Å²) in [4.78, 5) is 4.75. The average Bonchev–Trinajstić information content (AvgIpc) is 2.47. The Morgan fingerprint density at radius 1 is 1.33 bits per heavy atom. The minimum Gasteiger partial charge on any atom is -0.504 e. The zero-order chi connectivity index (χ0) is 15.2. The molecule has 1 aromatic carbocycles. The summed E-state index contributed by atoms with van der Waals surface area (Å²) in [6.07, 6.45) is 0. The van der Waals surface area contributed by atoms with E-state index in [1.807, 2.05) is 19.1 Å². The van der Waals surface area contributed by atoms with Crippen molar-refractivity contribution in [2.75, 3.05) is 46.9 Å². The lowest BCUT2D eigenvalue weighted by molar-refractivity contribution is 0.113. The summed E-state index contributed by atoms with van der Waals surface area (Å²) in [5, 5.41) is 13.6. The minimum absolute atomic E-state index is 0.251. The van der Waals surface area contributed by atoms with Crippen LogP contribution in [0.5, 0.6) is 11.5 Å². The first-order valence-electron chi connectivity index (χ1n) is 7.65. The van der Waals surface area contributed by atoms with E-state index in [0.717, 1.165) is 31.7 Å². The van der Waals surface area contributed by atoms with Crippen molar-refractivity contribution in [2.24, 2.45) is 0 Å². The van der Waals surface area contributed by atoms with Crippen LogP contribution in [0.1, 0.15) is 12.5 Å². The van der Waals surface area contributed by atoms with Gasteiger partial charge >= 0.3 is 0 Å². The molecule has 0 amide bonds. The molecule has 0 bridgehead atoms. The van der Waals surface area contributed by atoms with Crippen LogP contribution in [-0.2, 0) is 6.54 Å². The quantitative estimate of drug-likeness (QED) is 0.823. The van der Waals surface area contributed by atoms with E-state index in [1.165, 1.54) is 0 Å². The number of hydrogen-bond acceptors (Lipinski definition) is 5. The minimum atomic E-state index is 0.251. The van der Waals surface area contributed by atoms with Crippen molar-refractivity contribution in [3.63, 3.8) is 0 Å². The molecule has 1 aromatic rings. The molecule has 0 aromatic heterocycles. The number of para-hydroxylation sites is 1. The zero-order valence-corrected chi connectivity index (χ0v) is 13.3. The maximum atomic E-state index is 10.2. The first kappa shape index (κ1) is 16.1. The molecule has 118 valence electrons. The Morgan fingerprint density at radius 2 is 2.14 bits per heavy atom. The average molecular weight is 293 g/mol. The molecule has 1 atom stereocenters. The number of ether oxygens (including phenoxy) is 1. The summed E-state index contributed by atoms with van der Waals surface area (Å²) in [6.45, 7) is 7.36. The van der Waals surface area contributed by atoms with E-state index >= 15 is 0 Å². The smallest absolute Gasteiger partial charge is 0.162 e. The van der Waals surface area contributed by atoms with Crippen LogP contribution in [0.3, 0.4) is 0 Å². The molecule has 1 heterocycles. The number of likely N-dealkylation sites (N-methyl/N-ethyl adjacent to an activating group) is 2. The topological polar surface area (TPSA) is 48.0 Å². The fraction of sp³-hybridized carbons (Fsp3) is 0.625. The van der Waals surface area contributed by atoms with Gasteiger partial charge in [0.15, 0.2) is 11.5 Å². The third kappa shape index (κ3) is 4.33. The van der Waals surface area contributed by atoms with Crippen LogP contribution in [-0.4, -0.2) is 67.8 Å². The van der Waals surface area contributed by atoms with E-state index in [2.05, 4.69) is 29.2 Å². The van der Waals surface area contributed by atoms with Gasteiger partial charge in [-0.25, -0.2) is 0 Å². The summed E-state index contributed by atoms with van der Waals surface area (Å²) < 4.78 is 5.41. The largest absolute Gasteiger partial charge is 0.504 e. The standard InChI is InChI=1S/C16H27N3O2/c1-4-21-15-7-5-6-13(16(15)20)10-17-11-14-12-18(2)8-9-19(14)3/h5-7,14,17,20H,4,8-12H2,1-3H3. The molecule has 1 fully saturated rings. The van der Waals surface area contributed by atoms with E-state index < -0.39 is 0 Å². The van der Waals surface area contributed by atoms with Crippen molar-refractivity contribution < 1.29 is 9.84 Å². The lowest BCUT2D eigenvalue weighted by atomic mass is 10.1. The summed E-state index contributed by atoms with van der Waals surface area (Å²) in [5.41, 5.74) is 0.882. The van der Waals surface area contributed by atoms with Crippen LogP contribution in [0.2, 0.25) is 0 Å². The molecule has 1 saturated heterocycles. The maximum Gasteiger partial charge on any atom is 0.162 e. The van der Waals surface area contributed by atoms with Crippen molar-refractivity contribution in [1.82, 2.24) is 15.1 Å². The van der Waals surface area contributed by atoms with Crippen molar-refractivity contribution in [3.8, 4) is 11.5 Å². The second-order valence-corrected chi connectivity index (χ2v) is 5.72. The predicted octanol–water partition coefficient (Wildman–Crippen LogP) is 1.13. The second kappa shape index (κ2) is 7.64. The summed E-state index contributed by atoms with van der Waals surface area (Å²) in [6, 6.07) is 6.16. The zero-order valence-electron chi connectivity index (χ0n) is 13.3. The van der Waals surface area contributed by atoms with E-state index in [0.29, 0.717) is 24.9 Å². The van der Waals surface area contributed by atoms with Gasteiger partial charge < -0.3 is 20.1 Å². The van der Waals surface area contributed by atoms with E-state index in [-0.39, 0.29) is 5.75 Å². The van der Waals surface area contributed by atoms with Gasteiger partial charge in [-0.3, -0.25) is 4.90 Å². The van der Waals surface area contributed by atoms with Crippen molar-refractivity contribution in [3.05, 3.63) is 23.8 Å². The number of phenolic OH excluding ortho intramolecular Hbond substituents is 1. The Kier molecular flexibility index (Phi) is 5.85. The van der Waals surface area contributed by atoms with Crippen molar-refractivity contribution in [1.29, 1.82) is 0 Å². The number of nitrogens with one attached hydrogen (secondary N) is 1. The van der Waals surface area contributed by atoms with Gasteiger partial charge in [-0.15, -0.1) is 0 Å². The highest BCUT2D eigenvalue weighted by Crippen LogP contribution is 2.29. The van der Waals surface area contributed by atoms with Gasteiger partial charge in [0.25, 0.3) is 0 Å². The number of piperazine rings is 1. The maximum absolute atomic E-state index is 10.2. The first-order valence-corrected chi connectivity index (χ1v) is 7.65. The second-order valence-electron chi connectivity index (χ2n) is 5.72. The van der Waals surface area contributed by atoms with Crippen LogP contribution in [0.25, 0.3) is 0 Å². The number of rotatable bonds is 6. The van der Waals surface area contributed by atoms with E-state index in [4.69, 9.17) is 4.74 Å². The highest BCUT2D eigenvalue weighted by atomic mass is 16.5. The molecule has 5 nitrogen and oxygen atoms in total. The van der Waals surface area contributed by atoms with E-state index in [1.54, 1.807) is 6.07 Å². The molecule has 0 radical (unpaired) electrons. The van der Waals surface area contributed by atoms with Crippen molar-refractivity contribution >= 4 is 0 Å². The Morgan fingerprint density at radius 3 is 2.90 bits per heavy atom. The Labute approximate surface area is 127 Å². The van der Waals surface area contributed by atoms with Gasteiger partial charge in [0.05, 0.1) is 6.61 Å². The molecule has 0 saturated carbocycles. The molecule has 5 heteroatoms.